The van der Waals surface area contributed by atoms with Crippen LogP contribution in [0.4, 0.5) is 9.59 Å². The molecule has 2 heterocycles. The van der Waals surface area contributed by atoms with Crippen molar-refractivity contribution in [1.29, 1.82) is 0 Å². The third-order valence-corrected chi connectivity index (χ3v) is 16.3. The van der Waals surface area contributed by atoms with Crippen LogP contribution in [0.25, 0.3) is 0 Å². The fourth-order valence-electron chi connectivity index (χ4n) is 11.1. The molecule has 6 N–H and O–H groups in total. The molecule has 2 aliphatic rings. The molecule has 6 atom stereocenters. The normalized spacial score (nSPS) is 18.3. The van der Waals surface area contributed by atoms with E-state index in [0.717, 1.165) is 38.5 Å². The molecule has 0 aromatic heterocycles. The average molecular weight is 1180 g/mol. The Balaban J connectivity index is 0.00000124. The van der Waals surface area contributed by atoms with E-state index in [0.29, 0.717) is 19.6 Å². The van der Waals surface area contributed by atoms with Crippen molar-refractivity contribution in [2.45, 2.75) is 406 Å². The van der Waals surface area contributed by atoms with E-state index in [1.54, 1.807) is 4.90 Å². The first-order chi connectivity index (χ1) is 39.4. The SMILES string of the molecule is CCCCCCCCCCCCC/C=C/C(O)C1COC(C)(C)N1C(=O)OC(C)(C)C.CCCCCCCCCCCCCCCC(O)C1COC(C)(C)N1C(=O)OC(C)(C)C.CCCCCCCCCCCCCCCC(O)[C@@H](N)CO. The molecule has 0 radical (unpaired) electrons. The van der Waals surface area contributed by atoms with Gasteiger partial charge in [-0.1, -0.05) is 264 Å². The van der Waals surface area contributed by atoms with Gasteiger partial charge in [0.1, 0.15) is 22.7 Å². The number of nitrogens with two attached hydrogens (primary N) is 1. The van der Waals surface area contributed by atoms with Gasteiger partial charge in [-0.25, -0.2) is 9.59 Å². The van der Waals surface area contributed by atoms with Gasteiger partial charge in [-0.15, -0.1) is 0 Å². The van der Waals surface area contributed by atoms with E-state index in [-0.39, 0.29) is 12.6 Å². The zero-order valence-electron chi connectivity index (χ0n) is 56.7. The van der Waals surface area contributed by atoms with Crippen molar-refractivity contribution in [3.8, 4) is 0 Å². The Morgan fingerprint density at radius 3 is 1.11 bits per heavy atom. The van der Waals surface area contributed by atoms with Gasteiger partial charge in [-0.2, -0.15) is 0 Å². The van der Waals surface area contributed by atoms with Gasteiger partial charge >= 0.3 is 12.2 Å². The van der Waals surface area contributed by atoms with Crippen molar-refractivity contribution in [3.63, 3.8) is 0 Å². The van der Waals surface area contributed by atoms with Crippen molar-refractivity contribution in [2.24, 2.45) is 5.73 Å². The molecule has 13 heteroatoms. The third kappa shape index (κ3) is 42.5. The summed E-state index contributed by atoms with van der Waals surface area (Å²) in [6.07, 6.45) is 52.4. The smallest absolute Gasteiger partial charge is 0.413 e. The molecule has 0 bridgehead atoms. The summed E-state index contributed by atoms with van der Waals surface area (Å²) in [5.74, 6) is 0. The summed E-state index contributed by atoms with van der Waals surface area (Å²) in [6.45, 7) is 25.8. The molecule has 2 aliphatic heterocycles. The van der Waals surface area contributed by atoms with Crippen molar-refractivity contribution in [1.82, 2.24) is 9.80 Å². The van der Waals surface area contributed by atoms with E-state index in [1.165, 1.54) is 217 Å². The standard InChI is InChI=1S/C26H51NO4.C26H49NO4.C18H39NO2/c2*1-7-8-9-10-11-12-13-14-15-16-17-18-19-20-23(28)22-21-30-26(5,6)27(22)24(29)31-25(2,3)4;1-2-3-4-5-6-7-8-9-10-11-12-13-14-15-18(21)17(19)16-20/h22-23,28H,7-21H2,1-6H3;19-20,22-23,28H,7-18,21H2,1-6H3;17-18,20-21H,2-16,19H2,1H3/b;20-19+;/t;;17-,18?/m..0/s1. The van der Waals surface area contributed by atoms with E-state index in [4.69, 9.17) is 29.8 Å². The molecule has 13 nitrogen and oxygen atoms in total. The van der Waals surface area contributed by atoms with Crippen LogP contribution in [0, 0.1) is 0 Å². The van der Waals surface area contributed by atoms with Crippen LogP contribution in [0.2, 0.25) is 0 Å². The second-order valence-corrected chi connectivity index (χ2v) is 27.6. The number of aliphatic hydroxyl groups excluding tert-OH is 4. The number of ether oxygens (including phenoxy) is 4. The fraction of sp³-hybridized carbons (Fsp3) is 0.943. The fourth-order valence-corrected chi connectivity index (χ4v) is 11.1. The predicted octanol–water partition coefficient (Wildman–Crippen LogP) is 18.3. The predicted molar refractivity (Wildman–Crippen MR) is 348 cm³/mol. The first kappa shape index (κ1) is 81.0. The van der Waals surface area contributed by atoms with E-state index in [2.05, 4.69) is 20.8 Å². The summed E-state index contributed by atoms with van der Waals surface area (Å²) >= 11 is 0. The van der Waals surface area contributed by atoms with Gasteiger partial charge in [0.2, 0.25) is 0 Å². The number of nitrogens with zero attached hydrogens (tertiary/aromatic N) is 2. The Labute approximate surface area is 512 Å². The number of allylic oxidation sites excluding steroid dienone is 1. The van der Waals surface area contributed by atoms with Gasteiger partial charge in [0.25, 0.3) is 0 Å². The van der Waals surface area contributed by atoms with Crippen LogP contribution in [0.1, 0.15) is 347 Å². The highest BCUT2D eigenvalue weighted by atomic mass is 16.6. The molecule has 2 fully saturated rings. The lowest BCUT2D eigenvalue weighted by molar-refractivity contribution is -0.0685. The minimum absolute atomic E-state index is 0.125. The first-order valence-corrected chi connectivity index (χ1v) is 34.8. The molecule has 494 valence electrons. The van der Waals surface area contributed by atoms with E-state index < -0.39 is 65.2 Å². The highest BCUT2D eigenvalue weighted by Gasteiger charge is 2.49. The van der Waals surface area contributed by atoms with Crippen molar-refractivity contribution in [2.75, 3.05) is 19.8 Å². The lowest BCUT2D eigenvalue weighted by Crippen LogP contribution is -2.53. The second kappa shape index (κ2) is 48.9. The van der Waals surface area contributed by atoms with Crippen molar-refractivity contribution < 1.29 is 49.0 Å². The maximum Gasteiger partial charge on any atom is 0.413 e. The highest BCUT2D eigenvalue weighted by molar-refractivity contribution is 5.70. The number of hydrogen-bond acceptors (Lipinski definition) is 11. The molecule has 0 aromatic carbocycles. The zero-order chi connectivity index (χ0) is 62.4. The summed E-state index contributed by atoms with van der Waals surface area (Å²) in [6, 6.07) is -1.25. The van der Waals surface area contributed by atoms with Gasteiger partial charge in [0, 0.05) is 0 Å². The molecule has 5 unspecified atom stereocenters. The van der Waals surface area contributed by atoms with Crippen LogP contribution in [-0.4, -0.2) is 121 Å². The lowest BCUT2D eigenvalue weighted by atomic mass is 10.0. The maximum absolute atomic E-state index is 12.7. The van der Waals surface area contributed by atoms with Crippen LogP contribution in [0.5, 0.6) is 0 Å². The molecule has 2 amide bonds. The molecular weight excluding hydrogens is 1040 g/mol. The van der Waals surface area contributed by atoms with Gasteiger partial charge in [0.15, 0.2) is 0 Å². The minimum atomic E-state index is -0.794. The minimum Gasteiger partial charge on any atom is -0.444 e. The number of rotatable bonds is 45. The Morgan fingerprint density at radius 2 is 0.783 bits per heavy atom. The number of unbranched alkanes of at least 4 members (excludes halogenated alkanes) is 35. The summed E-state index contributed by atoms with van der Waals surface area (Å²) < 4.78 is 22.7. The van der Waals surface area contributed by atoms with Crippen molar-refractivity contribution >= 4 is 12.2 Å². The largest absolute Gasteiger partial charge is 0.444 e. The van der Waals surface area contributed by atoms with Gasteiger partial charge < -0.3 is 45.1 Å². The summed E-state index contributed by atoms with van der Waals surface area (Å²) in [5.41, 5.74) is 2.85. The van der Waals surface area contributed by atoms with Crippen LogP contribution in [0.3, 0.4) is 0 Å². The van der Waals surface area contributed by atoms with Gasteiger partial charge in [-0.05, 0) is 94.9 Å². The first-order valence-electron chi connectivity index (χ1n) is 34.8. The zero-order valence-corrected chi connectivity index (χ0v) is 56.7. The molecule has 2 rings (SSSR count). The number of aliphatic hydroxyl groups is 4. The number of carbonyl (C=O) groups excluding carboxylic acids is 2. The third-order valence-electron chi connectivity index (χ3n) is 16.3. The van der Waals surface area contributed by atoms with Crippen LogP contribution in [0.15, 0.2) is 12.2 Å². The molecule has 83 heavy (non-hydrogen) atoms. The molecule has 2 saturated heterocycles. The Hall–Kier alpha value is -2.00. The van der Waals surface area contributed by atoms with Crippen molar-refractivity contribution in [3.05, 3.63) is 12.2 Å². The van der Waals surface area contributed by atoms with Gasteiger partial charge in [-0.3, -0.25) is 9.80 Å². The monoisotopic (exact) mass is 1180 g/mol. The molecular formula is C70H139N3O10. The quantitative estimate of drug-likeness (QED) is 0.0289. The Morgan fingerprint density at radius 1 is 0.494 bits per heavy atom. The van der Waals surface area contributed by atoms with Gasteiger partial charge in [0.05, 0.1) is 56.3 Å². The Bertz CT molecular complexity index is 1550. The van der Waals surface area contributed by atoms with Crippen LogP contribution >= 0.6 is 0 Å². The van der Waals surface area contributed by atoms with E-state index >= 15 is 0 Å². The average Bonchev–Trinajstić information content (AvgIpc) is 4.07. The molecule has 0 saturated carbocycles. The summed E-state index contributed by atoms with van der Waals surface area (Å²) in [4.78, 5) is 28.5. The highest BCUT2D eigenvalue weighted by Crippen LogP contribution is 2.33. The molecule has 0 spiro atoms. The number of carbonyl (C=O) groups is 2. The Kier molecular flexibility index (Phi) is 47.8. The van der Waals surface area contributed by atoms with E-state index in [1.807, 2.05) is 81.4 Å². The molecule has 0 aromatic rings. The van der Waals surface area contributed by atoms with E-state index in [9.17, 15) is 24.9 Å². The lowest BCUT2D eigenvalue weighted by Gasteiger charge is -2.36. The topological polar surface area (TPSA) is 184 Å². The molecule has 0 aliphatic carbocycles. The number of amides is 2. The summed E-state index contributed by atoms with van der Waals surface area (Å²) in [7, 11) is 0. The summed E-state index contributed by atoms with van der Waals surface area (Å²) in [5, 5.41) is 39.8. The van der Waals surface area contributed by atoms with Crippen LogP contribution in [-0.2, 0) is 18.9 Å². The number of hydrogen-bond donors (Lipinski definition) is 5. The maximum atomic E-state index is 12.7. The second-order valence-electron chi connectivity index (χ2n) is 27.6. The van der Waals surface area contributed by atoms with Crippen LogP contribution < -0.4 is 5.73 Å².